The summed E-state index contributed by atoms with van der Waals surface area (Å²) in [6.45, 7) is 0. The molecule has 3 aromatic rings. The van der Waals surface area contributed by atoms with E-state index >= 15 is 0 Å². The van der Waals surface area contributed by atoms with Gasteiger partial charge in [-0.2, -0.15) is 0 Å². The summed E-state index contributed by atoms with van der Waals surface area (Å²) in [4.78, 5) is 15.3. The number of aromatic carboxylic acids is 1. The lowest BCUT2D eigenvalue weighted by atomic mass is 10.1. The van der Waals surface area contributed by atoms with Crippen molar-refractivity contribution in [3.05, 3.63) is 65.1 Å². The van der Waals surface area contributed by atoms with Crippen LogP contribution in [0, 0.1) is 5.82 Å². The van der Waals surface area contributed by atoms with E-state index in [1.165, 1.54) is 18.3 Å². The highest BCUT2D eigenvalue weighted by Gasteiger charge is 2.14. The summed E-state index contributed by atoms with van der Waals surface area (Å²) in [7, 11) is 0. The standard InChI is InChI=1S/C16H10ClFN2O2/c17-12-6-3-7-13(14(12)18)20-15-10-5-2-1-4-9(10)11(8-19-15)16(21)22/h1-8H,(H,19,20)(H,21,22). The van der Waals surface area contributed by atoms with E-state index in [0.717, 1.165) is 0 Å². The fraction of sp³-hybridized carbons (Fsp3) is 0. The van der Waals surface area contributed by atoms with Crippen molar-refractivity contribution >= 4 is 39.8 Å². The molecule has 1 heterocycles. The summed E-state index contributed by atoms with van der Waals surface area (Å²) < 4.78 is 14.0. The highest BCUT2D eigenvalue weighted by Crippen LogP contribution is 2.29. The summed E-state index contributed by atoms with van der Waals surface area (Å²) in [6.07, 6.45) is 1.25. The Kier molecular flexibility index (Phi) is 3.65. The normalized spacial score (nSPS) is 10.6. The maximum atomic E-state index is 14.0. The first-order valence-corrected chi connectivity index (χ1v) is 6.78. The van der Waals surface area contributed by atoms with Crippen molar-refractivity contribution in [1.82, 2.24) is 4.98 Å². The van der Waals surface area contributed by atoms with Crippen molar-refractivity contribution < 1.29 is 14.3 Å². The first kappa shape index (κ1) is 14.3. The van der Waals surface area contributed by atoms with Gasteiger partial charge in [-0.15, -0.1) is 0 Å². The average molecular weight is 317 g/mol. The molecule has 2 aromatic carbocycles. The van der Waals surface area contributed by atoms with Crippen LogP contribution in [0.5, 0.6) is 0 Å². The molecular formula is C16H10ClFN2O2. The molecule has 0 aliphatic rings. The molecule has 22 heavy (non-hydrogen) atoms. The Morgan fingerprint density at radius 1 is 1.14 bits per heavy atom. The molecule has 110 valence electrons. The number of pyridine rings is 1. The zero-order chi connectivity index (χ0) is 15.7. The maximum Gasteiger partial charge on any atom is 0.337 e. The van der Waals surface area contributed by atoms with E-state index in [1.807, 2.05) is 0 Å². The molecule has 1 aromatic heterocycles. The molecule has 0 aliphatic heterocycles. The van der Waals surface area contributed by atoms with Gasteiger partial charge in [0, 0.05) is 17.0 Å². The van der Waals surface area contributed by atoms with E-state index in [2.05, 4.69) is 10.3 Å². The summed E-state index contributed by atoms with van der Waals surface area (Å²) in [5.74, 6) is -1.29. The van der Waals surface area contributed by atoms with Crippen LogP contribution < -0.4 is 5.32 Å². The molecule has 0 amide bonds. The molecule has 4 nitrogen and oxygen atoms in total. The van der Waals surface area contributed by atoms with Gasteiger partial charge in [-0.05, 0) is 12.1 Å². The van der Waals surface area contributed by atoms with Gasteiger partial charge < -0.3 is 10.4 Å². The van der Waals surface area contributed by atoms with Crippen molar-refractivity contribution in [3.63, 3.8) is 0 Å². The zero-order valence-corrected chi connectivity index (χ0v) is 11.9. The first-order chi connectivity index (χ1) is 10.6. The molecule has 0 unspecified atom stereocenters. The van der Waals surface area contributed by atoms with Crippen LogP contribution in [-0.4, -0.2) is 16.1 Å². The van der Waals surface area contributed by atoms with E-state index in [4.69, 9.17) is 11.6 Å². The minimum atomic E-state index is -1.07. The number of carboxylic acids is 1. The number of hydrogen-bond donors (Lipinski definition) is 2. The van der Waals surface area contributed by atoms with E-state index in [1.54, 1.807) is 30.3 Å². The van der Waals surface area contributed by atoms with Gasteiger partial charge in [0.25, 0.3) is 0 Å². The smallest absolute Gasteiger partial charge is 0.337 e. The molecule has 6 heteroatoms. The van der Waals surface area contributed by atoms with Crippen molar-refractivity contribution in [2.75, 3.05) is 5.32 Å². The topological polar surface area (TPSA) is 62.2 Å². The number of nitrogens with one attached hydrogen (secondary N) is 1. The van der Waals surface area contributed by atoms with Gasteiger partial charge in [-0.25, -0.2) is 14.2 Å². The molecule has 3 rings (SSSR count). The molecule has 0 spiro atoms. The lowest BCUT2D eigenvalue weighted by molar-refractivity contribution is 0.0698. The Hall–Kier alpha value is -2.66. The number of fused-ring (bicyclic) bond motifs is 1. The first-order valence-electron chi connectivity index (χ1n) is 6.40. The minimum Gasteiger partial charge on any atom is -0.478 e. The number of benzene rings is 2. The Bertz CT molecular complexity index is 883. The Morgan fingerprint density at radius 3 is 2.59 bits per heavy atom. The third-order valence-corrected chi connectivity index (χ3v) is 3.52. The van der Waals surface area contributed by atoms with E-state index in [9.17, 15) is 14.3 Å². The lowest BCUT2D eigenvalue weighted by Gasteiger charge is -2.11. The molecule has 0 saturated heterocycles. The van der Waals surface area contributed by atoms with Crippen LogP contribution in [0.1, 0.15) is 10.4 Å². The third-order valence-electron chi connectivity index (χ3n) is 3.23. The van der Waals surface area contributed by atoms with Crippen LogP contribution >= 0.6 is 11.6 Å². The van der Waals surface area contributed by atoms with E-state index < -0.39 is 11.8 Å². The van der Waals surface area contributed by atoms with Crippen LogP contribution in [0.15, 0.2) is 48.7 Å². The van der Waals surface area contributed by atoms with Crippen molar-refractivity contribution in [2.45, 2.75) is 0 Å². The van der Waals surface area contributed by atoms with Gasteiger partial charge in [0.1, 0.15) is 5.82 Å². The Balaban J connectivity index is 2.14. The minimum absolute atomic E-state index is 0.00328. The number of anilines is 2. The predicted molar refractivity (Wildman–Crippen MR) is 83.4 cm³/mol. The van der Waals surface area contributed by atoms with Crippen molar-refractivity contribution in [2.24, 2.45) is 0 Å². The second kappa shape index (κ2) is 5.61. The predicted octanol–water partition coefficient (Wildman–Crippen LogP) is 4.47. The van der Waals surface area contributed by atoms with Gasteiger partial charge in [0.15, 0.2) is 5.82 Å². The lowest BCUT2D eigenvalue weighted by Crippen LogP contribution is -2.03. The van der Waals surface area contributed by atoms with Crippen LogP contribution in [0.4, 0.5) is 15.9 Å². The number of halogens is 2. The molecular weight excluding hydrogens is 307 g/mol. The summed E-state index contributed by atoms with van der Waals surface area (Å²) in [5, 5.41) is 13.2. The third kappa shape index (κ3) is 2.46. The molecule has 0 atom stereocenters. The van der Waals surface area contributed by atoms with Crippen molar-refractivity contribution in [1.29, 1.82) is 0 Å². The van der Waals surface area contributed by atoms with Gasteiger partial charge in [-0.3, -0.25) is 0 Å². The van der Waals surface area contributed by atoms with Crippen LogP contribution in [0.3, 0.4) is 0 Å². The fourth-order valence-corrected chi connectivity index (χ4v) is 2.37. The highest BCUT2D eigenvalue weighted by atomic mass is 35.5. The molecule has 0 fully saturated rings. The number of carbonyl (C=O) groups is 1. The van der Waals surface area contributed by atoms with E-state index in [-0.39, 0.29) is 16.3 Å². The molecule has 0 aliphatic carbocycles. The fourth-order valence-electron chi connectivity index (χ4n) is 2.19. The van der Waals surface area contributed by atoms with Crippen LogP contribution in [0.2, 0.25) is 5.02 Å². The SMILES string of the molecule is O=C(O)c1cnc(Nc2cccc(Cl)c2F)c2ccccc12. The van der Waals surface area contributed by atoms with Crippen LogP contribution in [-0.2, 0) is 0 Å². The van der Waals surface area contributed by atoms with Crippen molar-refractivity contribution in [3.8, 4) is 0 Å². The largest absolute Gasteiger partial charge is 0.478 e. The second-order valence-electron chi connectivity index (χ2n) is 4.60. The Labute approximate surface area is 130 Å². The molecule has 0 saturated carbocycles. The second-order valence-corrected chi connectivity index (χ2v) is 5.00. The van der Waals surface area contributed by atoms with Gasteiger partial charge >= 0.3 is 5.97 Å². The monoisotopic (exact) mass is 316 g/mol. The highest BCUT2D eigenvalue weighted by molar-refractivity contribution is 6.31. The Morgan fingerprint density at radius 2 is 1.86 bits per heavy atom. The van der Waals surface area contributed by atoms with E-state index in [0.29, 0.717) is 16.6 Å². The van der Waals surface area contributed by atoms with Gasteiger partial charge in [0.2, 0.25) is 0 Å². The molecule has 0 radical (unpaired) electrons. The van der Waals surface area contributed by atoms with Crippen LogP contribution in [0.25, 0.3) is 10.8 Å². The molecule has 2 N–H and O–H groups in total. The number of carboxylic acid groups (broad SMARTS) is 1. The quantitative estimate of drug-likeness (QED) is 0.748. The number of nitrogens with zero attached hydrogens (tertiary/aromatic N) is 1. The summed E-state index contributed by atoms with van der Waals surface area (Å²) in [6, 6.07) is 11.5. The summed E-state index contributed by atoms with van der Waals surface area (Å²) >= 11 is 5.75. The maximum absolute atomic E-state index is 14.0. The molecule has 0 bridgehead atoms. The van der Waals surface area contributed by atoms with Gasteiger partial charge in [0.05, 0.1) is 16.3 Å². The number of rotatable bonds is 3. The number of aromatic nitrogens is 1. The zero-order valence-electron chi connectivity index (χ0n) is 11.2. The number of hydrogen-bond acceptors (Lipinski definition) is 3. The van der Waals surface area contributed by atoms with Gasteiger partial charge in [-0.1, -0.05) is 41.9 Å². The summed E-state index contributed by atoms with van der Waals surface area (Å²) in [5.41, 5.74) is 0.265. The average Bonchev–Trinajstić information content (AvgIpc) is 2.51.